The Morgan fingerprint density at radius 3 is 1.40 bits per heavy atom. The van der Waals surface area contributed by atoms with Gasteiger partial charge in [0.1, 0.15) is 11.5 Å². The van der Waals surface area contributed by atoms with Crippen LogP contribution in [-0.2, 0) is 31.9 Å². The molecule has 0 aromatic heterocycles. The second-order valence-electron chi connectivity index (χ2n) is 3.98. The molecular formula is C14H18O6. The number of carbonyl (C=O) groups excluding carboxylic acids is 2. The minimum absolute atomic E-state index is 0.0640. The van der Waals surface area contributed by atoms with E-state index in [2.05, 4.69) is 9.47 Å². The van der Waals surface area contributed by atoms with Crippen LogP contribution in [0.15, 0.2) is 12.1 Å². The fourth-order valence-electron chi connectivity index (χ4n) is 1.76. The van der Waals surface area contributed by atoms with Gasteiger partial charge in [-0.1, -0.05) is 0 Å². The minimum atomic E-state index is -0.383. The molecule has 0 heterocycles. The molecule has 1 rings (SSSR count). The number of hydrogen-bond donors (Lipinski definition) is 0. The van der Waals surface area contributed by atoms with E-state index in [-0.39, 0.29) is 24.8 Å². The van der Waals surface area contributed by atoms with E-state index in [1.165, 1.54) is 28.4 Å². The average molecular weight is 282 g/mol. The maximum absolute atomic E-state index is 11.4. The number of rotatable bonds is 6. The summed E-state index contributed by atoms with van der Waals surface area (Å²) in [6.45, 7) is 0. The molecule has 1 aromatic carbocycles. The van der Waals surface area contributed by atoms with Gasteiger partial charge in [-0.15, -0.1) is 0 Å². The van der Waals surface area contributed by atoms with Crippen LogP contribution in [0.5, 0.6) is 11.5 Å². The molecule has 0 N–H and O–H groups in total. The van der Waals surface area contributed by atoms with E-state index in [0.29, 0.717) is 22.6 Å². The summed E-state index contributed by atoms with van der Waals surface area (Å²) >= 11 is 0. The number of carbonyl (C=O) groups is 2. The zero-order valence-corrected chi connectivity index (χ0v) is 12.0. The van der Waals surface area contributed by atoms with E-state index >= 15 is 0 Å². The molecule has 0 radical (unpaired) electrons. The lowest BCUT2D eigenvalue weighted by molar-refractivity contribution is -0.140. The first kappa shape index (κ1) is 15.8. The Balaban J connectivity index is 3.15. The third-order valence-corrected chi connectivity index (χ3v) is 2.81. The lowest BCUT2D eigenvalue weighted by Crippen LogP contribution is -2.09. The maximum atomic E-state index is 11.4. The van der Waals surface area contributed by atoms with Crippen molar-refractivity contribution < 1.29 is 28.5 Å². The van der Waals surface area contributed by atoms with Crippen molar-refractivity contribution in [2.24, 2.45) is 0 Å². The fourth-order valence-corrected chi connectivity index (χ4v) is 1.76. The topological polar surface area (TPSA) is 71.1 Å². The van der Waals surface area contributed by atoms with Crippen LogP contribution >= 0.6 is 0 Å². The standard InChI is InChI=1S/C14H18O6/c1-17-11-5-10(8-14(16)20-4)12(18-2)6-9(11)7-13(15)19-3/h5-6H,7-8H2,1-4H3. The number of ether oxygens (including phenoxy) is 4. The Bertz CT molecular complexity index is 449. The largest absolute Gasteiger partial charge is 0.496 e. The van der Waals surface area contributed by atoms with Crippen molar-refractivity contribution in [3.8, 4) is 11.5 Å². The molecule has 110 valence electrons. The van der Waals surface area contributed by atoms with Crippen molar-refractivity contribution >= 4 is 11.9 Å². The normalized spacial score (nSPS) is 9.80. The summed E-state index contributed by atoms with van der Waals surface area (Å²) in [5, 5.41) is 0. The van der Waals surface area contributed by atoms with Crippen molar-refractivity contribution in [3.63, 3.8) is 0 Å². The predicted octanol–water partition coefficient (Wildman–Crippen LogP) is 1.13. The van der Waals surface area contributed by atoms with Crippen LogP contribution in [0.4, 0.5) is 0 Å². The molecule has 0 aliphatic rings. The molecular weight excluding hydrogens is 264 g/mol. The summed E-state index contributed by atoms with van der Waals surface area (Å²) in [5.41, 5.74) is 1.26. The van der Waals surface area contributed by atoms with Crippen molar-refractivity contribution in [2.75, 3.05) is 28.4 Å². The average Bonchev–Trinajstić information content (AvgIpc) is 2.47. The Kier molecular flexibility index (Phi) is 5.83. The van der Waals surface area contributed by atoms with Gasteiger partial charge in [0.05, 0.1) is 41.3 Å². The van der Waals surface area contributed by atoms with Gasteiger partial charge < -0.3 is 18.9 Å². The van der Waals surface area contributed by atoms with Crippen molar-refractivity contribution in [1.29, 1.82) is 0 Å². The number of hydrogen-bond acceptors (Lipinski definition) is 6. The summed E-state index contributed by atoms with van der Waals surface area (Å²) in [4.78, 5) is 22.7. The monoisotopic (exact) mass is 282 g/mol. The molecule has 6 heteroatoms. The summed E-state index contributed by atoms with van der Waals surface area (Å²) < 4.78 is 19.7. The molecule has 6 nitrogen and oxygen atoms in total. The summed E-state index contributed by atoms with van der Waals surface area (Å²) in [6, 6.07) is 3.32. The zero-order chi connectivity index (χ0) is 15.1. The number of esters is 2. The second-order valence-corrected chi connectivity index (χ2v) is 3.98. The van der Waals surface area contributed by atoms with Gasteiger partial charge in [0.15, 0.2) is 0 Å². The fraction of sp³-hybridized carbons (Fsp3) is 0.429. The van der Waals surface area contributed by atoms with E-state index in [0.717, 1.165) is 0 Å². The Hall–Kier alpha value is -2.24. The second kappa shape index (κ2) is 7.37. The maximum Gasteiger partial charge on any atom is 0.310 e. The van der Waals surface area contributed by atoms with E-state index in [1.807, 2.05) is 0 Å². The Morgan fingerprint density at radius 1 is 0.800 bits per heavy atom. The molecule has 1 aromatic rings. The summed E-state index contributed by atoms with van der Waals surface area (Å²) in [7, 11) is 5.62. The van der Waals surface area contributed by atoms with Crippen LogP contribution in [0.3, 0.4) is 0 Å². The smallest absolute Gasteiger partial charge is 0.310 e. The molecule has 0 fully saturated rings. The highest BCUT2D eigenvalue weighted by Gasteiger charge is 2.16. The van der Waals surface area contributed by atoms with Gasteiger partial charge in [-0.3, -0.25) is 9.59 Å². The van der Waals surface area contributed by atoms with Gasteiger partial charge in [0.2, 0.25) is 0 Å². The first-order chi connectivity index (χ1) is 9.55. The summed E-state index contributed by atoms with van der Waals surface area (Å²) in [5.74, 6) is 0.224. The first-order valence-electron chi connectivity index (χ1n) is 5.93. The van der Waals surface area contributed by atoms with Crippen LogP contribution in [-0.4, -0.2) is 40.4 Å². The Labute approximate surface area is 117 Å². The molecule has 0 spiro atoms. The van der Waals surface area contributed by atoms with Gasteiger partial charge in [-0.2, -0.15) is 0 Å². The molecule has 0 aliphatic heterocycles. The lowest BCUT2D eigenvalue weighted by atomic mass is 10.0. The van der Waals surface area contributed by atoms with Crippen LogP contribution in [0, 0.1) is 0 Å². The lowest BCUT2D eigenvalue weighted by Gasteiger charge is -2.14. The molecule has 0 saturated carbocycles. The molecule has 0 amide bonds. The minimum Gasteiger partial charge on any atom is -0.496 e. The van der Waals surface area contributed by atoms with Gasteiger partial charge >= 0.3 is 11.9 Å². The molecule has 0 atom stereocenters. The van der Waals surface area contributed by atoms with Gasteiger partial charge in [-0.25, -0.2) is 0 Å². The van der Waals surface area contributed by atoms with E-state index in [9.17, 15) is 9.59 Å². The molecule has 0 unspecified atom stereocenters. The summed E-state index contributed by atoms with van der Waals surface area (Å²) in [6.07, 6.45) is 0.128. The first-order valence-corrected chi connectivity index (χ1v) is 5.93. The molecule has 0 saturated heterocycles. The van der Waals surface area contributed by atoms with E-state index in [1.54, 1.807) is 12.1 Å². The molecule has 0 bridgehead atoms. The number of benzene rings is 1. The van der Waals surface area contributed by atoms with Crippen LogP contribution in [0.1, 0.15) is 11.1 Å². The third-order valence-electron chi connectivity index (χ3n) is 2.81. The van der Waals surface area contributed by atoms with E-state index in [4.69, 9.17) is 9.47 Å². The molecule has 20 heavy (non-hydrogen) atoms. The quantitative estimate of drug-likeness (QED) is 0.728. The number of methoxy groups -OCH3 is 4. The van der Waals surface area contributed by atoms with Crippen LogP contribution in [0.25, 0.3) is 0 Å². The SMILES string of the molecule is COC(=O)Cc1cc(OC)c(CC(=O)OC)cc1OC. The van der Waals surface area contributed by atoms with Gasteiger partial charge in [-0.05, 0) is 12.1 Å². The highest BCUT2D eigenvalue weighted by atomic mass is 16.5. The van der Waals surface area contributed by atoms with Crippen LogP contribution in [0.2, 0.25) is 0 Å². The van der Waals surface area contributed by atoms with Crippen molar-refractivity contribution in [1.82, 2.24) is 0 Å². The van der Waals surface area contributed by atoms with Gasteiger partial charge in [0.25, 0.3) is 0 Å². The molecule has 0 aliphatic carbocycles. The van der Waals surface area contributed by atoms with Crippen LogP contribution < -0.4 is 9.47 Å². The zero-order valence-electron chi connectivity index (χ0n) is 12.0. The Morgan fingerprint density at radius 2 is 1.15 bits per heavy atom. The van der Waals surface area contributed by atoms with E-state index < -0.39 is 0 Å². The highest BCUT2D eigenvalue weighted by Crippen LogP contribution is 2.30. The van der Waals surface area contributed by atoms with Crippen molar-refractivity contribution in [2.45, 2.75) is 12.8 Å². The predicted molar refractivity (Wildman–Crippen MR) is 71.0 cm³/mol. The third kappa shape index (κ3) is 3.88. The highest BCUT2D eigenvalue weighted by molar-refractivity contribution is 5.76. The van der Waals surface area contributed by atoms with Gasteiger partial charge in [0, 0.05) is 11.1 Å². The van der Waals surface area contributed by atoms with Crippen molar-refractivity contribution in [3.05, 3.63) is 23.3 Å².